The first kappa shape index (κ1) is 18.0. The molecule has 0 saturated carbocycles. The maximum atomic E-state index is 12.0. The van der Waals surface area contributed by atoms with Crippen LogP contribution in [0.3, 0.4) is 0 Å². The molecule has 2 rings (SSSR count). The second-order valence-electron chi connectivity index (χ2n) is 5.13. The molecule has 1 aromatic carbocycles. The van der Waals surface area contributed by atoms with Crippen LogP contribution < -0.4 is 31.0 Å². The Hall–Kier alpha value is -3.30. The Labute approximate surface area is 143 Å². The fourth-order valence-corrected chi connectivity index (χ4v) is 2.18. The Morgan fingerprint density at radius 3 is 2.44 bits per heavy atom. The molecule has 0 radical (unpaired) electrons. The van der Waals surface area contributed by atoms with Gasteiger partial charge in [-0.05, 0) is 24.6 Å². The second kappa shape index (κ2) is 7.99. The van der Waals surface area contributed by atoms with Crippen molar-refractivity contribution in [3.05, 3.63) is 23.8 Å². The summed E-state index contributed by atoms with van der Waals surface area (Å²) < 4.78 is 10.2. The first-order valence-corrected chi connectivity index (χ1v) is 7.37. The lowest BCUT2D eigenvalue weighted by molar-refractivity contribution is -0.122. The van der Waals surface area contributed by atoms with E-state index in [1.165, 1.54) is 26.4 Å². The summed E-state index contributed by atoms with van der Waals surface area (Å²) >= 11 is 0. The number of hydrazine groups is 1. The van der Waals surface area contributed by atoms with Crippen LogP contribution in [0.15, 0.2) is 18.2 Å². The van der Waals surface area contributed by atoms with Crippen LogP contribution in [0.5, 0.6) is 11.5 Å². The number of imide groups is 1. The predicted octanol–water partition coefficient (Wildman–Crippen LogP) is -0.547. The van der Waals surface area contributed by atoms with Crippen molar-refractivity contribution in [3.8, 4) is 11.5 Å². The minimum absolute atomic E-state index is 0.0510. The van der Waals surface area contributed by atoms with E-state index >= 15 is 0 Å². The zero-order chi connectivity index (χ0) is 18.4. The molecule has 0 aliphatic carbocycles. The molecule has 1 aromatic rings. The Morgan fingerprint density at radius 2 is 1.84 bits per heavy atom. The minimum atomic E-state index is -0.750. The van der Waals surface area contributed by atoms with Gasteiger partial charge >= 0.3 is 6.03 Å². The summed E-state index contributed by atoms with van der Waals surface area (Å²) in [6, 6.07) is 3.22. The molecule has 1 saturated heterocycles. The summed E-state index contributed by atoms with van der Waals surface area (Å²) in [6.45, 7) is 0. The van der Waals surface area contributed by atoms with Gasteiger partial charge in [0.05, 0.1) is 14.2 Å². The number of nitrogens with one attached hydrogen (secondary N) is 4. The molecule has 10 nitrogen and oxygen atoms in total. The number of benzene rings is 1. The van der Waals surface area contributed by atoms with E-state index in [0.29, 0.717) is 11.5 Å². The average molecular weight is 350 g/mol. The summed E-state index contributed by atoms with van der Waals surface area (Å²) in [5, 5.41) is 4.45. The fraction of sp³-hybridized carbons (Fsp3) is 0.333. The maximum absolute atomic E-state index is 12.0. The fourth-order valence-electron chi connectivity index (χ4n) is 2.18. The summed E-state index contributed by atoms with van der Waals surface area (Å²) in [5.41, 5.74) is 4.77. The monoisotopic (exact) mass is 350 g/mol. The zero-order valence-electron chi connectivity index (χ0n) is 13.7. The number of urea groups is 1. The highest BCUT2D eigenvalue weighted by Crippen LogP contribution is 2.27. The smallest absolute Gasteiger partial charge is 0.322 e. The third-order valence-corrected chi connectivity index (χ3v) is 3.48. The van der Waals surface area contributed by atoms with Gasteiger partial charge in [0.25, 0.3) is 11.8 Å². The predicted molar refractivity (Wildman–Crippen MR) is 84.9 cm³/mol. The highest BCUT2D eigenvalue weighted by molar-refractivity contribution is 6.04. The van der Waals surface area contributed by atoms with Crippen molar-refractivity contribution in [1.82, 2.24) is 21.5 Å². The quantitative estimate of drug-likeness (QED) is 0.402. The van der Waals surface area contributed by atoms with Crippen molar-refractivity contribution in [2.45, 2.75) is 18.9 Å². The highest BCUT2D eigenvalue weighted by Gasteiger charge is 2.29. The highest BCUT2D eigenvalue weighted by atomic mass is 16.5. The summed E-state index contributed by atoms with van der Waals surface area (Å²) in [7, 11) is 2.92. The van der Waals surface area contributed by atoms with Crippen LogP contribution in [-0.4, -0.2) is 44.0 Å². The van der Waals surface area contributed by atoms with E-state index in [9.17, 15) is 19.2 Å². The third kappa shape index (κ3) is 4.59. The van der Waals surface area contributed by atoms with Crippen molar-refractivity contribution in [2.75, 3.05) is 14.2 Å². The number of carbonyl (C=O) groups is 4. The van der Waals surface area contributed by atoms with Gasteiger partial charge in [0.15, 0.2) is 11.5 Å². The van der Waals surface area contributed by atoms with Crippen LogP contribution in [0.2, 0.25) is 0 Å². The zero-order valence-corrected chi connectivity index (χ0v) is 13.7. The lowest BCUT2D eigenvalue weighted by Gasteiger charge is -2.11. The van der Waals surface area contributed by atoms with Gasteiger partial charge < -0.3 is 14.8 Å². The number of rotatable bonds is 6. The van der Waals surface area contributed by atoms with Crippen LogP contribution in [0.1, 0.15) is 23.2 Å². The largest absolute Gasteiger partial charge is 0.493 e. The minimum Gasteiger partial charge on any atom is -0.493 e. The standard InChI is InChI=1S/C15H18N4O6/c1-24-10-5-3-8(7-11(10)25-2)13(21)19-18-12(20)6-4-9-14(22)17-15(23)16-9/h3,5,7,9H,4,6H2,1-2H3,(H,18,20)(H,19,21)(H2,16,17,22,23). The maximum Gasteiger partial charge on any atom is 0.322 e. The first-order chi connectivity index (χ1) is 11.9. The Bertz CT molecular complexity index is 705. The first-order valence-electron chi connectivity index (χ1n) is 7.37. The topological polar surface area (TPSA) is 135 Å². The summed E-state index contributed by atoms with van der Waals surface area (Å²) in [6.07, 6.45) is 0.0697. The molecule has 0 aromatic heterocycles. The van der Waals surface area contributed by atoms with Gasteiger partial charge in [0.2, 0.25) is 5.91 Å². The Morgan fingerprint density at radius 1 is 1.12 bits per heavy atom. The Kier molecular flexibility index (Phi) is 5.77. The number of amides is 5. The lowest BCUT2D eigenvalue weighted by atomic mass is 10.1. The van der Waals surface area contributed by atoms with Crippen LogP contribution in [-0.2, 0) is 9.59 Å². The number of methoxy groups -OCH3 is 2. The molecule has 134 valence electrons. The van der Waals surface area contributed by atoms with Crippen molar-refractivity contribution in [2.24, 2.45) is 0 Å². The van der Waals surface area contributed by atoms with Crippen molar-refractivity contribution in [3.63, 3.8) is 0 Å². The molecule has 25 heavy (non-hydrogen) atoms. The number of ether oxygens (including phenoxy) is 2. The summed E-state index contributed by atoms with van der Waals surface area (Å²) in [4.78, 5) is 46.1. The SMILES string of the molecule is COc1ccc(C(=O)NNC(=O)CCC2NC(=O)NC2=O)cc1OC. The Balaban J connectivity index is 1.82. The van der Waals surface area contributed by atoms with Crippen LogP contribution in [0.4, 0.5) is 4.79 Å². The molecule has 10 heteroatoms. The summed E-state index contributed by atoms with van der Waals surface area (Å²) in [5.74, 6) is -0.666. The van der Waals surface area contributed by atoms with E-state index in [1.54, 1.807) is 6.07 Å². The third-order valence-electron chi connectivity index (χ3n) is 3.48. The molecule has 1 heterocycles. The van der Waals surface area contributed by atoms with Crippen molar-refractivity contribution >= 4 is 23.8 Å². The van der Waals surface area contributed by atoms with Crippen molar-refractivity contribution < 1.29 is 28.7 Å². The van der Waals surface area contributed by atoms with Crippen LogP contribution >= 0.6 is 0 Å². The number of hydrogen-bond donors (Lipinski definition) is 4. The van der Waals surface area contributed by atoms with Gasteiger partial charge in [-0.25, -0.2) is 4.79 Å². The van der Waals surface area contributed by atoms with Gasteiger partial charge in [-0.15, -0.1) is 0 Å². The second-order valence-corrected chi connectivity index (χ2v) is 5.13. The van der Waals surface area contributed by atoms with E-state index in [-0.39, 0.29) is 18.4 Å². The molecule has 4 N–H and O–H groups in total. The number of hydrogen-bond acceptors (Lipinski definition) is 6. The van der Waals surface area contributed by atoms with Gasteiger partial charge in [-0.3, -0.25) is 30.6 Å². The molecular weight excluding hydrogens is 332 g/mol. The molecule has 1 unspecified atom stereocenters. The van der Waals surface area contributed by atoms with E-state index < -0.39 is 29.8 Å². The van der Waals surface area contributed by atoms with E-state index in [1.807, 2.05) is 0 Å². The van der Waals surface area contributed by atoms with Gasteiger partial charge in [0.1, 0.15) is 6.04 Å². The molecule has 5 amide bonds. The van der Waals surface area contributed by atoms with Crippen LogP contribution in [0, 0.1) is 0 Å². The van der Waals surface area contributed by atoms with Crippen molar-refractivity contribution in [1.29, 1.82) is 0 Å². The normalized spacial score (nSPS) is 15.8. The van der Waals surface area contributed by atoms with Gasteiger partial charge in [-0.1, -0.05) is 0 Å². The average Bonchev–Trinajstić information content (AvgIpc) is 2.94. The van der Waals surface area contributed by atoms with Gasteiger partial charge in [-0.2, -0.15) is 0 Å². The molecule has 1 fully saturated rings. The lowest BCUT2D eigenvalue weighted by Crippen LogP contribution is -2.42. The van der Waals surface area contributed by atoms with Crippen LogP contribution in [0.25, 0.3) is 0 Å². The molecular formula is C15H18N4O6. The van der Waals surface area contributed by atoms with E-state index in [2.05, 4.69) is 21.5 Å². The number of carbonyl (C=O) groups excluding carboxylic acids is 4. The molecule has 1 aliphatic heterocycles. The molecule has 0 bridgehead atoms. The molecule has 1 aliphatic rings. The van der Waals surface area contributed by atoms with E-state index in [0.717, 1.165) is 0 Å². The molecule has 1 atom stereocenters. The molecule has 0 spiro atoms. The van der Waals surface area contributed by atoms with Gasteiger partial charge in [0, 0.05) is 12.0 Å². The van der Waals surface area contributed by atoms with E-state index in [4.69, 9.17) is 9.47 Å².